The summed E-state index contributed by atoms with van der Waals surface area (Å²) < 4.78 is 13.5. The first-order chi connectivity index (χ1) is 12.1. The zero-order chi connectivity index (χ0) is 18.5. The molecule has 0 aromatic carbocycles. The van der Waals surface area contributed by atoms with Gasteiger partial charge in [-0.1, -0.05) is 43.8 Å². The maximum absolute atomic E-state index is 13.5. The summed E-state index contributed by atoms with van der Waals surface area (Å²) >= 11 is 5.83. The standard InChI is InChI=1S/C20H23ClFN3/c1-4-6-12-23-13-15-25(14-7-9-19(22)8-5-2)17(3)18-10-11-20(21)24-16-18/h4,6-13,16H,1,3,5,14-15H2,2H3/b9-7-,12-6-,19-8+,23-13?. The minimum absolute atomic E-state index is 0.246. The minimum atomic E-state index is -0.246. The van der Waals surface area contributed by atoms with Crippen LogP contribution in [0.5, 0.6) is 0 Å². The third-order valence-electron chi connectivity index (χ3n) is 3.16. The van der Waals surface area contributed by atoms with Crippen LogP contribution in [0.25, 0.3) is 5.70 Å². The number of aromatic nitrogens is 1. The Bertz CT molecular complexity index is 673. The van der Waals surface area contributed by atoms with Crippen molar-refractivity contribution in [2.45, 2.75) is 13.3 Å². The van der Waals surface area contributed by atoms with E-state index in [0.29, 0.717) is 24.7 Å². The predicted molar refractivity (Wildman–Crippen MR) is 106 cm³/mol. The van der Waals surface area contributed by atoms with Crippen molar-refractivity contribution in [1.82, 2.24) is 9.88 Å². The fourth-order valence-electron chi connectivity index (χ4n) is 1.90. The van der Waals surface area contributed by atoms with Gasteiger partial charge in [0, 0.05) is 36.4 Å². The zero-order valence-corrected chi connectivity index (χ0v) is 15.2. The van der Waals surface area contributed by atoms with Crippen molar-refractivity contribution in [3.05, 3.63) is 84.6 Å². The van der Waals surface area contributed by atoms with Crippen LogP contribution in [0, 0.1) is 0 Å². The lowest BCUT2D eigenvalue weighted by molar-refractivity contribution is 0.504. The van der Waals surface area contributed by atoms with Crippen LogP contribution < -0.4 is 0 Å². The van der Waals surface area contributed by atoms with Crippen LogP contribution in [0.1, 0.15) is 18.9 Å². The summed E-state index contributed by atoms with van der Waals surface area (Å²) in [5.41, 5.74) is 1.60. The summed E-state index contributed by atoms with van der Waals surface area (Å²) in [6.45, 7) is 10.6. The monoisotopic (exact) mass is 359 g/mol. The number of nitrogens with zero attached hydrogens (tertiary/aromatic N) is 3. The van der Waals surface area contributed by atoms with Gasteiger partial charge in [0.2, 0.25) is 0 Å². The Balaban J connectivity index is 2.85. The second-order valence-corrected chi connectivity index (χ2v) is 5.42. The minimum Gasteiger partial charge on any atom is -0.362 e. The maximum atomic E-state index is 13.5. The first kappa shape index (κ1) is 20.6. The highest BCUT2D eigenvalue weighted by Gasteiger charge is 2.08. The normalized spacial score (nSPS) is 12.4. The van der Waals surface area contributed by atoms with Gasteiger partial charge in [-0.15, -0.1) is 0 Å². The highest BCUT2D eigenvalue weighted by Crippen LogP contribution is 2.17. The molecule has 0 radical (unpaired) electrons. The Morgan fingerprint density at radius 3 is 2.84 bits per heavy atom. The lowest BCUT2D eigenvalue weighted by Gasteiger charge is -2.23. The SMILES string of the molecule is C=C/C=C\N=CCN(C/C=C\C(F)=C/CC)C(=C)c1ccc(Cl)nc1. The molecular formula is C20H23ClFN3. The molecule has 0 saturated carbocycles. The van der Waals surface area contributed by atoms with E-state index in [0.717, 1.165) is 11.3 Å². The van der Waals surface area contributed by atoms with Gasteiger partial charge in [0.05, 0.1) is 6.54 Å². The molecule has 0 spiro atoms. The Kier molecular flexibility index (Phi) is 9.87. The third kappa shape index (κ3) is 8.27. The molecule has 25 heavy (non-hydrogen) atoms. The van der Waals surface area contributed by atoms with Gasteiger partial charge in [-0.05, 0) is 36.8 Å². The molecule has 1 rings (SSSR count). The van der Waals surface area contributed by atoms with Crippen LogP contribution in [0.2, 0.25) is 5.15 Å². The van der Waals surface area contributed by atoms with Crippen LogP contribution in [0.4, 0.5) is 4.39 Å². The molecule has 132 valence electrons. The second kappa shape index (κ2) is 12.0. The predicted octanol–water partition coefficient (Wildman–Crippen LogP) is 5.60. The van der Waals surface area contributed by atoms with Gasteiger partial charge in [0.1, 0.15) is 11.0 Å². The number of pyridine rings is 1. The van der Waals surface area contributed by atoms with Crippen LogP contribution >= 0.6 is 11.6 Å². The summed E-state index contributed by atoms with van der Waals surface area (Å²) in [7, 11) is 0. The van der Waals surface area contributed by atoms with Crippen molar-refractivity contribution in [2.24, 2.45) is 4.99 Å². The van der Waals surface area contributed by atoms with E-state index in [4.69, 9.17) is 11.6 Å². The van der Waals surface area contributed by atoms with Crippen molar-refractivity contribution in [1.29, 1.82) is 0 Å². The number of hydrogen-bond acceptors (Lipinski definition) is 3. The van der Waals surface area contributed by atoms with E-state index in [9.17, 15) is 4.39 Å². The molecule has 0 saturated heterocycles. The lowest BCUT2D eigenvalue weighted by Crippen LogP contribution is -2.24. The van der Waals surface area contributed by atoms with Crippen molar-refractivity contribution in [3.8, 4) is 0 Å². The number of aliphatic imine (C=N–C) groups is 1. The van der Waals surface area contributed by atoms with Gasteiger partial charge in [0.25, 0.3) is 0 Å². The second-order valence-electron chi connectivity index (χ2n) is 5.03. The van der Waals surface area contributed by atoms with E-state index in [1.807, 2.05) is 17.9 Å². The van der Waals surface area contributed by atoms with E-state index < -0.39 is 0 Å². The third-order valence-corrected chi connectivity index (χ3v) is 3.38. The molecule has 0 atom stereocenters. The van der Waals surface area contributed by atoms with E-state index >= 15 is 0 Å². The van der Waals surface area contributed by atoms with E-state index in [1.54, 1.807) is 42.9 Å². The summed E-state index contributed by atoms with van der Waals surface area (Å²) in [5, 5.41) is 0.422. The molecule has 0 aliphatic carbocycles. The molecule has 0 aliphatic heterocycles. The fraction of sp³-hybridized carbons (Fsp3) is 0.200. The number of rotatable bonds is 10. The van der Waals surface area contributed by atoms with Gasteiger partial charge < -0.3 is 4.90 Å². The molecule has 0 amide bonds. The summed E-state index contributed by atoms with van der Waals surface area (Å²) in [6.07, 6.45) is 13.8. The summed E-state index contributed by atoms with van der Waals surface area (Å²) in [6, 6.07) is 3.56. The van der Waals surface area contributed by atoms with Gasteiger partial charge >= 0.3 is 0 Å². The van der Waals surface area contributed by atoms with Crippen molar-refractivity contribution in [2.75, 3.05) is 13.1 Å². The van der Waals surface area contributed by atoms with Gasteiger partial charge in [-0.3, -0.25) is 4.99 Å². The van der Waals surface area contributed by atoms with Crippen molar-refractivity contribution >= 4 is 23.5 Å². The molecule has 0 unspecified atom stereocenters. The van der Waals surface area contributed by atoms with Gasteiger partial charge in [-0.25, -0.2) is 9.37 Å². The molecule has 1 aromatic rings. The van der Waals surface area contributed by atoms with Crippen LogP contribution in [-0.4, -0.2) is 29.2 Å². The Hall–Kier alpha value is -2.46. The summed E-state index contributed by atoms with van der Waals surface area (Å²) in [4.78, 5) is 10.2. The smallest absolute Gasteiger partial charge is 0.129 e. The quantitative estimate of drug-likeness (QED) is 0.309. The molecule has 3 nitrogen and oxygen atoms in total. The molecule has 1 aromatic heterocycles. The highest BCUT2D eigenvalue weighted by molar-refractivity contribution is 6.29. The van der Waals surface area contributed by atoms with E-state index in [1.165, 1.54) is 12.2 Å². The van der Waals surface area contributed by atoms with E-state index in [-0.39, 0.29) is 5.83 Å². The Morgan fingerprint density at radius 2 is 2.20 bits per heavy atom. The zero-order valence-electron chi connectivity index (χ0n) is 14.4. The van der Waals surface area contributed by atoms with Crippen LogP contribution in [0.3, 0.4) is 0 Å². The molecule has 0 aliphatic rings. The molecule has 0 N–H and O–H groups in total. The fourth-order valence-corrected chi connectivity index (χ4v) is 2.01. The molecule has 5 heteroatoms. The van der Waals surface area contributed by atoms with Gasteiger partial charge in [0.15, 0.2) is 0 Å². The Morgan fingerprint density at radius 1 is 1.40 bits per heavy atom. The molecular weight excluding hydrogens is 337 g/mol. The lowest BCUT2D eigenvalue weighted by atomic mass is 10.2. The highest BCUT2D eigenvalue weighted by atomic mass is 35.5. The number of hydrogen-bond donors (Lipinski definition) is 0. The number of halogens is 2. The van der Waals surface area contributed by atoms with Crippen LogP contribution in [0.15, 0.2) is 78.9 Å². The first-order valence-electron chi connectivity index (χ1n) is 7.95. The largest absolute Gasteiger partial charge is 0.362 e. The summed E-state index contributed by atoms with van der Waals surface area (Å²) in [5.74, 6) is -0.246. The molecule has 0 fully saturated rings. The molecule has 1 heterocycles. The van der Waals surface area contributed by atoms with Crippen molar-refractivity contribution < 1.29 is 4.39 Å². The van der Waals surface area contributed by atoms with Crippen molar-refractivity contribution in [3.63, 3.8) is 0 Å². The maximum Gasteiger partial charge on any atom is 0.129 e. The van der Waals surface area contributed by atoms with E-state index in [2.05, 4.69) is 23.1 Å². The topological polar surface area (TPSA) is 28.5 Å². The average Bonchev–Trinajstić information content (AvgIpc) is 2.60. The van der Waals surface area contributed by atoms with Gasteiger partial charge in [-0.2, -0.15) is 0 Å². The van der Waals surface area contributed by atoms with Crippen LogP contribution in [-0.2, 0) is 0 Å². The Labute approximate surface area is 154 Å². The number of allylic oxidation sites excluding steroid dienone is 5. The average molecular weight is 360 g/mol. The molecule has 0 bridgehead atoms. The first-order valence-corrected chi connectivity index (χ1v) is 8.33.